The van der Waals surface area contributed by atoms with E-state index < -0.39 is 6.04 Å². The van der Waals surface area contributed by atoms with Gasteiger partial charge in [0.15, 0.2) is 5.82 Å². The first-order valence-electron chi connectivity index (χ1n) is 7.70. The number of carbonyl (C=O) groups is 1. The minimum atomic E-state index is -0.391. The van der Waals surface area contributed by atoms with Gasteiger partial charge in [0.05, 0.1) is 6.04 Å². The molecule has 6 heteroatoms. The van der Waals surface area contributed by atoms with Gasteiger partial charge in [-0.1, -0.05) is 20.3 Å². The monoisotopic (exact) mass is 291 g/mol. The number of rotatable bonds is 4. The number of hydrogen-bond acceptors (Lipinski definition) is 5. The lowest BCUT2D eigenvalue weighted by Gasteiger charge is -2.27. The van der Waals surface area contributed by atoms with E-state index in [1.807, 2.05) is 24.0 Å². The van der Waals surface area contributed by atoms with Gasteiger partial charge >= 0.3 is 0 Å². The van der Waals surface area contributed by atoms with Crippen LogP contribution in [0, 0.1) is 5.92 Å². The zero-order valence-electron chi connectivity index (χ0n) is 12.9. The smallest absolute Gasteiger partial charge is 0.239 e. The van der Waals surface area contributed by atoms with Crippen LogP contribution in [0.2, 0.25) is 0 Å². The number of anilines is 1. The largest absolute Gasteiger partial charge is 0.353 e. The molecule has 1 amide bonds. The summed E-state index contributed by atoms with van der Waals surface area (Å²) in [5.74, 6) is 1.17. The average Bonchev–Trinajstić information content (AvgIpc) is 2.79. The summed E-state index contributed by atoms with van der Waals surface area (Å²) in [5.41, 5.74) is 6.07. The van der Waals surface area contributed by atoms with Gasteiger partial charge in [-0.3, -0.25) is 4.79 Å². The molecule has 2 unspecified atom stereocenters. The van der Waals surface area contributed by atoms with Crippen LogP contribution in [0.3, 0.4) is 0 Å². The highest BCUT2D eigenvalue weighted by Crippen LogP contribution is 2.14. The van der Waals surface area contributed by atoms with E-state index in [4.69, 9.17) is 5.73 Å². The van der Waals surface area contributed by atoms with Crippen molar-refractivity contribution in [1.29, 1.82) is 0 Å². The van der Waals surface area contributed by atoms with E-state index in [2.05, 4.69) is 22.0 Å². The molecule has 1 fully saturated rings. The van der Waals surface area contributed by atoms with E-state index in [-0.39, 0.29) is 11.8 Å². The van der Waals surface area contributed by atoms with Crippen LogP contribution in [0.1, 0.15) is 26.7 Å². The van der Waals surface area contributed by atoms with E-state index in [9.17, 15) is 4.79 Å². The molecule has 1 aliphatic heterocycles. The van der Waals surface area contributed by atoms with Crippen LogP contribution in [-0.2, 0) is 4.79 Å². The van der Waals surface area contributed by atoms with Gasteiger partial charge in [-0.05, 0) is 24.5 Å². The van der Waals surface area contributed by atoms with E-state index in [0.717, 1.165) is 38.3 Å². The van der Waals surface area contributed by atoms with Gasteiger partial charge in [0.25, 0.3) is 0 Å². The second-order valence-corrected chi connectivity index (χ2v) is 5.66. The minimum absolute atomic E-state index is 0.0744. The molecule has 116 valence electrons. The van der Waals surface area contributed by atoms with Gasteiger partial charge in [0.1, 0.15) is 0 Å². The standard InChI is InChI=1S/C15H25N5O/c1-3-12(2)14(16)15(21)20-9-5-8-19(10-11-20)13-6-4-7-17-18-13/h4,6-7,12,14H,3,5,8-11,16H2,1-2H3. The highest BCUT2D eigenvalue weighted by atomic mass is 16.2. The minimum Gasteiger partial charge on any atom is -0.353 e. The maximum atomic E-state index is 12.4. The second kappa shape index (κ2) is 7.36. The molecule has 1 saturated heterocycles. The number of hydrogen-bond donors (Lipinski definition) is 1. The van der Waals surface area contributed by atoms with Crippen LogP contribution in [0.5, 0.6) is 0 Å². The fraction of sp³-hybridized carbons (Fsp3) is 0.667. The first-order valence-corrected chi connectivity index (χ1v) is 7.70. The predicted octanol–water partition coefficient (Wildman–Crippen LogP) is 0.889. The van der Waals surface area contributed by atoms with Crippen molar-refractivity contribution in [2.75, 3.05) is 31.1 Å². The van der Waals surface area contributed by atoms with Crippen LogP contribution in [-0.4, -0.2) is 53.2 Å². The van der Waals surface area contributed by atoms with Crippen molar-refractivity contribution in [2.24, 2.45) is 11.7 Å². The molecule has 1 aromatic rings. The lowest BCUT2D eigenvalue weighted by atomic mass is 9.99. The summed E-state index contributed by atoms with van der Waals surface area (Å²) in [6.45, 7) is 7.22. The molecule has 2 N–H and O–H groups in total. The zero-order chi connectivity index (χ0) is 15.2. The maximum absolute atomic E-state index is 12.4. The summed E-state index contributed by atoms with van der Waals surface area (Å²) in [4.78, 5) is 16.5. The van der Waals surface area contributed by atoms with Crippen molar-refractivity contribution in [2.45, 2.75) is 32.7 Å². The molecule has 1 aromatic heterocycles. The molecule has 21 heavy (non-hydrogen) atoms. The normalized spacial score (nSPS) is 19.0. The Kier molecular flexibility index (Phi) is 5.50. The van der Waals surface area contributed by atoms with Gasteiger partial charge < -0.3 is 15.5 Å². The van der Waals surface area contributed by atoms with Gasteiger partial charge in [0.2, 0.25) is 5.91 Å². The lowest BCUT2D eigenvalue weighted by Crippen LogP contribution is -2.48. The molecular formula is C15H25N5O. The Morgan fingerprint density at radius 3 is 2.86 bits per heavy atom. The van der Waals surface area contributed by atoms with Crippen molar-refractivity contribution < 1.29 is 4.79 Å². The Balaban J connectivity index is 1.96. The Hall–Kier alpha value is -1.69. The second-order valence-electron chi connectivity index (χ2n) is 5.66. The zero-order valence-corrected chi connectivity index (χ0v) is 12.9. The molecule has 1 aliphatic rings. The fourth-order valence-corrected chi connectivity index (χ4v) is 2.54. The molecule has 2 heterocycles. The van der Waals surface area contributed by atoms with Crippen molar-refractivity contribution in [3.63, 3.8) is 0 Å². The van der Waals surface area contributed by atoms with Crippen LogP contribution in [0.4, 0.5) is 5.82 Å². The first-order chi connectivity index (χ1) is 10.1. The summed E-state index contributed by atoms with van der Waals surface area (Å²) in [6, 6.07) is 3.45. The SMILES string of the molecule is CCC(C)C(N)C(=O)N1CCCN(c2cccnn2)CC1. The Morgan fingerprint density at radius 1 is 1.38 bits per heavy atom. The summed E-state index contributed by atoms with van der Waals surface area (Å²) < 4.78 is 0. The topological polar surface area (TPSA) is 75.4 Å². The fourth-order valence-electron chi connectivity index (χ4n) is 2.54. The Morgan fingerprint density at radius 2 is 2.19 bits per heavy atom. The van der Waals surface area contributed by atoms with E-state index in [1.165, 1.54) is 0 Å². The summed E-state index contributed by atoms with van der Waals surface area (Å²) in [7, 11) is 0. The number of aromatic nitrogens is 2. The van der Waals surface area contributed by atoms with E-state index in [0.29, 0.717) is 6.54 Å². The number of nitrogens with two attached hydrogens (primary N) is 1. The maximum Gasteiger partial charge on any atom is 0.239 e. The van der Waals surface area contributed by atoms with Gasteiger partial charge in [-0.15, -0.1) is 5.10 Å². The molecule has 0 spiro atoms. The van der Waals surface area contributed by atoms with Crippen LogP contribution in [0.25, 0.3) is 0 Å². The molecule has 0 aliphatic carbocycles. The average molecular weight is 291 g/mol. The van der Waals surface area contributed by atoms with E-state index >= 15 is 0 Å². The van der Waals surface area contributed by atoms with Crippen LogP contribution >= 0.6 is 0 Å². The Bertz CT molecular complexity index is 453. The molecular weight excluding hydrogens is 266 g/mol. The molecule has 2 atom stereocenters. The summed E-state index contributed by atoms with van der Waals surface area (Å²) in [5, 5.41) is 8.05. The van der Waals surface area contributed by atoms with Gasteiger partial charge in [-0.25, -0.2) is 0 Å². The lowest BCUT2D eigenvalue weighted by molar-refractivity contribution is -0.133. The summed E-state index contributed by atoms with van der Waals surface area (Å²) >= 11 is 0. The molecule has 0 saturated carbocycles. The molecule has 0 aromatic carbocycles. The molecule has 0 bridgehead atoms. The summed E-state index contributed by atoms with van der Waals surface area (Å²) in [6.07, 6.45) is 3.52. The van der Waals surface area contributed by atoms with Crippen LogP contribution in [0.15, 0.2) is 18.3 Å². The highest BCUT2D eigenvalue weighted by molar-refractivity contribution is 5.82. The van der Waals surface area contributed by atoms with E-state index in [1.54, 1.807) is 6.20 Å². The number of carbonyl (C=O) groups excluding carboxylic acids is 1. The van der Waals surface area contributed by atoms with Crippen LogP contribution < -0.4 is 10.6 Å². The van der Waals surface area contributed by atoms with Gasteiger partial charge in [0, 0.05) is 32.4 Å². The third-order valence-corrected chi connectivity index (χ3v) is 4.23. The van der Waals surface area contributed by atoms with Gasteiger partial charge in [-0.2, -0.15) is 5.10 Å². The first kappa shape index (κ1) is 15.7. The number of nitrogens with zero attached hydrogens (tertiary/aromatic N) is 4. The molecule has 2 rings (SSSR count). The van der Waals surface area contributed by atoms with Crippen molar-refractivity contribution in [3.05, 3.63) is 18.3 Å². The van der Waals surface area contributed by atoms with Crippen molar-refractivity contribution in [1.82, 2.24) is 15.1 Å². The molecule has 6 nitrogen and oxygen atoms in total. The van der Waals surface area contributed by atoms with Crippen molar-refractivity contribution >= 4 is 11.7 Å². The predicted molar refractivity (Wildman–Crippen MR) is 82.9 cm³/mol. The number of amides is 1. The highest BCUT2D eigenvalue weighted by Gasteiger charge is 2.26. The quantitative estimate of drug-likeness (QED) is 0.891. The third-order valence-electron chi connectivity index (χ3n) is 4.23. The molecule has 0 radical (unpaired) electrons. The Labute approximate surface area is 126 Å². The van der Waals surface area contributed by atoms with Crippen molar-refractivity contribution in [3.8, 4) is 0 Å². The third kappa shape index (κ3) is 3.91.